The summed E-state index contributed by atoms with van der Waals surface area (Å²) in [6.07, 6.45) is 6.56. The van der Waals surface area contributed by atoms with E-state index in [1.165, 1.54) is 62.3 Å². The largest absolute Gasteiger partial charge is 0.496 e. The molecule has 5 rings (SSSR count). The van der Waals surface area contributed by atoms with E-state index in [9.17, 15) is 0 Å². The van der Waals surface area contributed by atoms with Crippen LogP contribution in [0.4, 0.5) is 5.13 Å². The number of benzene rings is 1. The molecule has 1 aromatic carbocycles. The van der Waals surface area contributed by atoms with Gasteiger partial charge in [0, 0.05) is 36.1 Å². The quantitative estimate of drug-likeness (QED) is 0.666. The summed E-state index contributed by atoms with van der Waals surface area (Å²) >= 11 is 4.87. The minimum absolute atomic E-state index is 0.516. The topological polar surface area (TPSA) is 41.5 Å². The van der Waals surface area contributed by atoms with Gasteiger partial charge in [0.2, 0.25) is 9.87 Å². The highest BCUT2D eigenvalue weighted by atomic mass is 79.9. The Labute approximate surface area is 179 Å². The van der Waals surface area contributed by atoms with Crippen LogP contribution in [0.5, 0.6) is 5.75 Å². The van der Waals surface area contributed by atoms with Gasteiger partial charge >= 0.3 is 0 Å². The maximum atomic E-state index is 5.59. The van der Waals surface area contributed by atoms with Gasteiger partial charge in [-0.25, -0.2) is 0 Å². The molecule has 3 aliphatic rings. The third-order valence-corrected chi connectivity index (χ3v) is 8.38. The number of aromatic nitrogens is 2. The molecule has 0 radical (unpaired) electrons. The summed E-state index contributed by atoms with van der Waals surface area (Å²) in [5.41, 5.74) is 1.91. The zero-order valence-electron chi connectivity index (χ0n) is 16.3. The summed E-state index contributed by atoms with van der Waals surface area (Å²) in [7, 11) is 1.79. The van der Waals surface area contributed by atoms with Crippen LogP contribution in [0.25, 0.3) is 0 Å². The highest BCUT2D eigenvalue weighted by molar-refractivity contribution is 9.10. The van der Waals surface area contributed by atoms with Crippen molar-refractivity contribution in [1.29, 1.82) is 0 Å². The van der Waals surface area contributed by atoms with Gasteiger partial charge in [0.25, 0.3) is 0 Å². The SMILES string of the molecule is COc1ccccc1C1CCN(C2CCC3(C2)CN(c2nc(Br)ns2)C3)CC1. The van der Waals surface area contributed by atoms with Gasteiger partial charge in [0.1, 0.15) is 5.75 Å². The first-order valence-corrected chi connectivity index (χ1v) is 11.8. The smallest absolute Gasteiger partial charge is 0.210 e. The van der Waals surface area contributed by atoms with Crippen LogP contribution in [0.1, 0.15) is 43.6 Å². The Morgan fingerprint density at radius 3 is 2.68 bits per heavy atom. The molecule has 5 nitrogen and oxygen atoms in total. The molecule has 7 heteroatoms. The van der Waals surface area contributed by atoms with Crippen molar-refractivity contribution in [1.82, 2.24) is 14.3 Å². The fraction of sp³-hybridized carbons (Fsp3) is 0.619. The van der Waals surface area contributed by atoms with E-state index >= 15 is 0 Å². The van der Waals surface area contributed by atoms with Crippen LogP contribution in [0.3, 0.4) is 0 Å². The van der Waals surface area contributed by atoms with Crippen LogP contribution in [-0.2, 0) is 0 Å². The van der Waals surface area contributed by atoms with Gasteiger partial charge in [0.15, 0.2) is 0 Å². The van der Waals surface area contributed by atoms with E-state index in [0.29, 0.717) is 11.3 Å². The van der Waals surface area contributed by atoms with Gasteiger partial charge in [0.05, 0.1) is 7.11 Å². The molecule has 3 heterocycles. The average molecular weight is 463 g/mol. The molecule has 0 N–H and O–H groups in total. The van der Waals surface area contributed by atoms with Crippen LogP contribution in [0.2, 0.25) is 0 Å². The Hall–Kier alpha value is -1.18. The van der Waals surface area contributed by atoms with E-state index in [1.54, 1.807) is 7.11 Å². The van der Waals surface area contributed by atoms with Gasteiger partial charge in [-0.3, -0.25) is 0 Å². The van der Waals surface area contributed by atoms with Crippen molar-refractivity contribution >= 4 is 32.6 Å². The predicted molar refractivity (Wildman–Crippen MR) is 116 cm³/mol. The number of ether oxygens (including phenoxy) is 1. The summed E-state index contributed by atoms with van der Waals surface area (Å²) in [6, 6.07) is 9.32. The van der Waals surface area contributed by atoms with Gasteiger partial charge in [-0.15, -0.1) is 0 Å². The Kier molecular flexibility index (Phi) is 5.09. The van der Waals surface area contributed by atoms with E-state index in [2.05, 4.69) is 59.4 Å². The molecule has 2 aromatic rings. The Morgan fingerprint density at radius 1 is 1.18 bits per heavy atom. The summed E-state index contributed by atoms with van der Waals surface area (Å²) in [6.45, 7) is 4.75. The lowest BCUT2D eigenvalue weighted by Gasteiger charge is -2.48. The molecule has 2 saturated heterocycles. The third-order valence-electron chi connectivity index (χ3n) is 7.01. The Morgan fingerprint density at radius 2 is 1.96 bits per heavy atom. The van der Waals surface area contributed by atoms with E-state index in [0.717, 1.165) is 34.7 Å². The molecule has 28 heavy (non-hydrogen) atoms. The first kappa shape index (κ1) is 18.8. The normalized spacial score (nSPS) is 25.2. The number of piperidine rings is 1. The fourth-order valence-corrected chi connectivity index (χ4v) is 6.65. The van der Waals surface area contributed by atoms with Crippen molar-refractivity contribution in [2.24, 2.45) is 5.41 Å². The minimum Gasteiger partial charge on any atom is -0.496 e. The van der Waals surface area contributed by atoms with E-state index in [1.807, 2.05) is 0 Å². The van der Waals surface area contributed by atoms with Gasteiger partial charge in [-0.1, -0.05) is 18.2 Å². The lowest BCUT2D eigenvalue weighted by Crippen LogP contribution is -2.56. The van der Waals surface area contributed by atoms with Gasteiger partial charge in [-0.2, -0.15) is 9.36 Å². The maximum Gasteiger partial charge on any atom is 0.210 e. The molecule has 150 valence electrons. The number of rotatable bonds is 4. The molecular formula is C21H27BrN4OS. The molecule has 1 atom stereocenters. The number of likely N-dealkylation sites (tertiary alicyclic amines) is 1. The molecule has 1 aliphatic carbocycles. The van der Waals surface area contributed by atoms with Crippen LogP contribution in [0, 0.1) is 5.41 Å². The number of para-hydroxylation sites is 1. The third kappa shape index (κ3) is 3.46. The lowest BCUT2D eigenvalue weighted by atomic mass is 9.78. The van der Waals surface area contributed by atoms with E-state index < -0.39 is 0 Å². The summed E-state index contributed by atoms with van der Waals surface area (Å²) < 4.78 is 10.6. The highest BCUT2D eigenvalue weighted by Crippen LogP contribution is 2.49. The van der Waals surface area contributed by atoms with E-state index in [4.69, 9.17) is 4.74 Å². The molecule has 1 spiro atoms. The minimum atomic E-state index is 0.516. The predicted octanol–water partition coefficient (Wildman–Crippen LogP) is 4.55. The molecule has 0 amide bonds. The van der Waals surface area contributed by atoms with Crippen molar-refractivity contribution in [2.75, 3.05) is 38.2 Å². The highest BCUT2D eigenvalue weighted by Gasteiger charge is 2.50. The number of anilines is 1. The standard InChI is InChI=1S/C21H27BrN4OS/c1-27-18-5-3-2-4-17(18)15-7-10-25(11-8-15)16-6-9-21(12-16)13-26(14-21)20-23-19(22)24-28-20/h2-5,15-16H,6-14H2,1H3. The number of hydrogen-bond acceptors (Lipinski definition) is 6. The number of halogens is 1. The zero-order valence-corrected chi connectivity index (χ0v) is 18.7. The first-order valence-electron chi connectivity index (χ1n) is 10.3. The van der Waals surface area contributed by atoms with Crippen LogP contribution in [-0.4, -0.2) is 53.6 Å². The molecule has 1 unspecified atom stereocenters. The average Bonchev–Trinajstić information content (AvgIpc) is 3.34. The van der Waals surface area contributed by atoms with Crippen molar-refractivity contribution in [3.63, 3.8) is 0 Å². The van der Waals surface area contributed by atoms with Crippen LogP contribution in [0.15, 0.2) is 29.0 Å². The van der Waals surface area contributed by atoms with Gasteiger partial charge < -0.3 is 14.5 Å². The van der Waals surface area contributed by atoms with Crippen molar-refractivity contribution < 1.29 is 4.74 Å². The number of nitrogens with zero attached hydrogens (tertiary/aromatic N) is 4. The summed E-state index contributed by atoms with van der Waals surface area (Å²) in [5.74, 6) is 1.69. The second-order valence-electron chi connectivity index (χ2n) is 8.65. The second-order valence-corrected chi connectivity index (χ2v) is 10.1. The summed E-state index contributed by atoms with van der Waals surface area (Å²) in [5, 5.41) is 1.07. The fourth-order valence-electron chi connectivity index (χ4n) is 5.58. The zero-order chi connectivity index (χ0) is 19.1. The molecule has 3 fully saturated rings. The first-order chi connectivity index (χ1) is 13.7. The Balaban J connectivity index is 1.15. The van der Waals surface area contributed by atoms with Crippen molar-refractivity contribution in [3.05, 3.63) is 34.6 Å². The number of methoxy groups -OCH3 is 1. The monoisotopic (exact) mass is 462 g/mol. The van der Waals surface area contributed by atoms with Gasteiger partial charge in [-0.05, 0) is 78.7 Å². The van der Waals surface area contributed by atoms with E-state index in [-0.39, 0.29) is 0 Å². The van der Waals surface area contributed by atoms with Crippen LogP contribution < -0.4 is 9.64 Å². The molecule has 2 aliphatic heterocycles. The summed E-state index contributed by atoms with van der Waals surface area (Å²) in [4.78, 5) is 9.65. The molecule has 1 aromatic heterocycles. The van der Waals surface area contributed by atoms with Crippen molar-refractivity contribution in [3.8, 4) is 5.75 Å². The Bertz CT molecular complexity index is 829. The lowest BCUT2D eigenvalue weighted by molar-refractivity contribution is 0.131. The van der Waals surface area contributed by atoms with Crippen LogP contribution >= 0.6 is 27.5 Å². The molecule has 0 bridgehead atoms. The molecular weight excluding hydrogens is 436 g/mol. The molecule has 1 saturated carbocycles. The van der Waals surface area contributed by atoms with Crippen molar-refractivity contribution in [2.45, 2.75) is 44.1 Å². The number of hydrogen-bond donors (Lipinski definition) is 0. The maximum absolute atomic E-state index is 5.59. The second kappa shape index (κ2) is 7.58.